The summed E-state index contributed by atoms with van der Waals surface area (Å²) in [6.07, 6.45) is 0. The van der Waals surface area contributed by atoms with Crippen LogP contribution in [0, 0.1) is 6.92 Å². The molecule has 2 aromatic carbocycles. The molecule has 1 heterocycles. The number of para-hydroxylation sites is 1. The highest BCUT2D eigenvalue weighted by molar-refractivity contribution is 5.82. The average molecular weight is 234 g/mol. The van der Waals surface area contributed by atoms with Crippen LogP contribution in [-0.2, 0) is 0 Å². The molecule has 18 heavy (non-hydrogen) atoms. The lowest BCUT2D eigenvalue weighted by Gasteiger charge is -2.08. The van der Waals surface area contributed by atoms with Crippen LogP contribution >= 0.6 is 0 Å². The van der Waals surface area contributed by atoms with E-state index in [9.17, 15) is 0 Å². The number of nitrogen functional groups attached to an aromatic ring is 1. The van der Waals surface area contributed by atoms with Gasteiger partial charge in [-0.05, 0) is 30.7 Å². The predicted molar refractivity (Wildman–Crippen MR) is 76.3 cm³/mol. The number of nitrogens with zero attached hydrogens (tertiary/aromatic N) is 1. The van der Waals surface area contributed by atoms with Crippen LogP contribution < -0.4 is 5.73 Å². The molecule has 0 amide bonds. The van der Waals surface area contributed by atoms with E-state index in [-0.39, 0.29) is 0 Å². The maximum atomic E-state index is 5.94. The lowest BCUT2D eigenvalue weighted by atomic mass is 10.0. The minimum Gasteiger partial charge on any atom is -0.398 e. The zero-order valence-electron chi connectivity index (χ0n) is 10.2. The molecular weight excluding hydrogens is 220 g/mol. The molecule has 88 valence electrons. The third-order valence-electron chi connectivity index (χ3n) is 3.25. The van der Waals surface area contributed by atoms with E-state index in [0.29, 0.717) is 0 Å². The number of benzene rings is 2. The molecule has 0 spiro atoms. The molecule has 0 aliphatic carbocycles. The summed E-state index contributed by atoms with van der Waals surface area (Å²) in [7, 11) is 0. The second kappa shape index (κ2) is 4.15. The Kier molecular flexibility index (Phi) is 2.49. The Morgan fingerprint density at radius 3 is 2.61 bits per heavy atom. The molecule has 3 aromatic rings. The second-order valence-electron chi connectivity index (χ2n) is 4.41. The maximum Gasteiger partial charge on any atom is 0.0713 e. The molecule has 0 atom stereocenters. The molecular formula is C16H14N2. The van der Waals surface area contributed by atoms with Crippen LogP contribution in [0.2, 0.25) is 0 Å². The van der Waals surface area contributed by atoms with Crippen molar-refractivity contribution in [2.75, 3.05) is 5.73 Å². The molecule has 2 nitrogen and oxygen atoms in total. The first-order valence-corrected chi connectivity index (χ1v) is 5.97. The highest BCUT2D eigenvalue weighted by Gasteiger charge is 2.06. The highest BCUT2D eigenvalue weighted by Crippen LogP contribution is 2.26. The quantitative estimate of drug-likeness (QED) is 0.650. The normalized spacial score (nSPS) is 10.7. The van der Waals surface area contributed by atoms with Gasteiger partial charge in [0.15, 0.2) is 0 Å². The molecule has 2 N–H and O–H groups in total. The van der Waals surface area contributed by atoms with Gasteiger partial charge >= 0.3 is 0 Å². The van der Waals surface area contributed by atoms with E-state index in [2.05, 4.69) is 18.2 Å². The zero-order valence-corrected chi connectivity index (χ0v) is 10.2. The van der Waals surface area contributed by atoms with Gasteiger partial charge in [0.1, 0.15) is 0 Å². The summed E-state index contributed by atoms with van der Waals surface area (Å²) in [5.74, 6) is 0. The Labute approximate surface area is 106 Å². The van der Waals surface area contributed by atoms with E-state index in [1.807, 2.05) is 43.3 Å². The van der Waals surface area contributed by atoms with Crippen LogP contribution in [0.4, 0.5) is 5.69 Å². The van der Waals surface area contributed by atoms with Gasteiger partial charge in [-0.25, -0.2) is 4.98 Å². The van der Waals surface area contributed by atoms with Crippen LogP contribution in [-0.4, -0.2) is 4.98 Å². The molecule has 1 aromatic heterocycles. The van der Waals surface area contributed by atoms with Crippen molar-refractivity contribution in [3.8, 4) is 11.3 Å². The summed E-state index contributed by atoms with van der Waals surface area (Å²) in [6, 6.07) is 18.2. The summed E-state index contributed by atoms with van der Waals surface area (Å²) < 4.78 is 0. The number of fused-ring (bicyclic) bond motifs is 1. The van der Waals surface area contributed by atoms with Gasteiger partial charge in [-0.3, -0.25) is 0 Å². The molecule has 0 saturated heterocycles. The molecule has 0 saturated carbocycles. The van der Waals surface area contributed by atoms with Crippen LogP contribution in [0.5, 0.6) is 0 Å². The Balaban J connectivity index is 2.22. The van der Waals surface area contributed by atoms with Crippen molar-refractivity contribution in [2.45, 2.75) is 6.92 Å². The summed E-state index contributed by atoms with van der Waals surface area (Å²) in [5.41, 5.74) is 10.9. The Morgan fingerprint density at radius 2 is 1.72 bits per heavy atom. The third kappa shape index (κ3) is 1.72. The molecule has 0 aliphatic rings. The van der Waals surface area contributed by atoms with Crippen molar-refractivity contribution in [3.05, 3.63) is 60.2 Å². The van der Waals surface area contributed by atoms with Gasteiger partial charge in [0.25, 0.3) is 0 Å². The molecule has 0 radical (unpaired) electrons. The van der Waals surface area contributed by atoms with Crippen LogP contribution in [0.15, 0.2) is 54.6 Å². The van der Waals surface area contributed by atoms with Crippen LogP contribution in [0.3, 0.4) is 0 Å². The molecule has 0 bridgehead atoms. The van der Waals surface area contributed by atoms with Gasteiger partial charge in [0.2, 0.25) is 0 Å². The first kappa shape index (κ1) is 10.8. The van der Waals surface area contributed by atoms with Gasteiger partial charge in [0, 0.05) is 16.6 Å². The Bertz CT molecular complexity index is 717. The Morgan fingerprint density at radius 1 is 0.889 bits per heavy atom. The van der Waals surface area contributed by atoms with Crippen molar-refractivity contribution in [3.63, 3.8) is 0 Å². The number of nitrogens with two attached hydrogens (primary N) is 1. The molecule has 0 aliphatic heterocycles. The molecule has 0 fully saturated rings. The van der Waals surface area contributed by atoms with Gasteiger partial charge < -0.3 is 5.73 Å². The lowest BCUT2D eigenvalue weighted by molar-refractivity contribution is 1.36. The van der Waals surface area contributed by atoms with Crippen LogP contribution in [0.1, 0.15) is 5.56 Å². The van der Waals surface area contributed by atoms with E-state index in [0.717, 1.165) is 33.4 Å². The molecule has 0 unspecified atom stereocenters. The van der Waals surface area contributed by atoms with E-state index < -0.39 is 0 Å². The summed E-state index contributed by atoms with van der Waals surface area (Å²) in [4.78, 5) is 4.69. The van der Waals surface area contributed by atoms with Gasteiger partial charge in [-0.2, -0.15) is 0 Å². The van der Waals surface area contributed by atoms with Gasteiger partial charge in [0.05, 0.1) is 11.2 Å². The number of pyridine rings is 1. The number of aromatic nitrogens is 1. The zero-order chi connectivity index (χ0) is 12.5. The van der Waals surface area contributed by atoms with E-state index >= 15 is 0 Å². The SMILES string of the molecule is Cc1c(N)cccc1-c1ccc2ccccc2n1. The van der Waals surface area contributed by atoms with E-state index in [1.54, 1.807) is 0 Å². The fourth-order valence-electron chi connectivity index (χ4n) is 2.15. The van der Waals surface area contributed by atoms with E-state index in [4.69, 9.17) is 10.7 Å². The predicted octanol–water partition coefficient (Wildman–Crippen LogP) is 3.79. The standard InChI is InChI=1S/C16H14N2/c1-11-13(6-4-7-14(11)17)16-10-9-12-5-2-3-8-15(12)18-16/h2-10H,17H2,1H3. The molecule has 3 rings (SSSR count). The Hall–Kier alpha value is -2.35. The minimum absolute atomic E-state index is 0.808. The van der Waals surface area contributed by atoms with E-state index in [1.165, 1.54) is 0 Å². The highest BCUT2D eigenvalue weighted by atomic mass is 14.7. The summed E-state index contributed by atoms with van der Waals surface area (Å²) in [6.45, 7) is 2.03. The first-order valence-electron chi connectivity index (χ1n) is 5.97. The molecule has 2 heteroatoms. The van der Waals surface area contributed by atoms with Crippen molar-refractivity contribution < 1.29 is 0 Å². The monoisotopic (exact) mass is 234 g/mol. The summed E-state index contributed by atoms with van der Waals surface area (Å²) >= 11 is 0. The van der Waals surface area contributed by atoms with Crippen molar-refractivity contribution in [1.29, 1.82) is 0 Å². The smallest absolute Gasteiger partial charge is 0.0713 e. The fraction of sp³-hybridized carbons (Fsp3) is 0.0625. The summed E-state index contributed by atoms with van der Waals surface area (Å²) in [5, 5.41) is 1.16. The number of hydrogen-bond donors (Lipinski definition) is 1. The van der Waals surface area contributed by atoms with Gasteiger partial charge in [-0.1, -0.05) is 36.4 Å². The fourth-order valence-corrected chi connectivity index (χ4v) is 2.15. The third-order valence-corrected chi connectivity index (χ3v) is 3.25. The van der Waals surface area contributed by atoms with Gasteiger partial charge in [-0.15, -0.1) is 0 Å². The first-order chi connectivity index (χ1) is 8.75. The topological polar surface area (TPSA) is 38.9 Å². The number of hydrogen-bond acceptors (Lipinski definition) is 2. The largest absolute Gasteiger partial charge is 0.398 e. The van der Waals surface area contributed by atoms with Crippen molar-refractivity contribution in [1.82, 2.24) is 4.98 Å². The lowest BCUT2D eigenvalue weighted by Crippen LogP contribution is -1.93. The van der Waals surface area contributed by atoms with Crippen molar-refractivity contribution in [2.24, 2.45) is 0 Å². The van der Waals surface area contributed by atoms with Crippen LogP contribution in [0.25, 0.3) is 22.2 Å². The number of anilines is 1. The minimum atomic E-state index is 0.808. The maximum absolute atomic E-state index is 5.94. The second-order valence-corrected chi connectivity index (χ2v) is 4.41. The number of rotatable bonds is 1. The average Bonchev–Trinajstić information content (AvgIpc) is 2.41. The van der Waals surface area contributed by atoms with Crippen molar-refractivity contribution >= 4 is 16.6 Å².